The van der Waals surface area contributed by atoms with Crippen LogP contribution in [0.25, 0.3) is 0 Å². The second kappa shape index (κ2) is 6.45. The largest absolute Gasteiger partial charge is 0.305 e. The van der Waals surface area contributed by atoms with Crippen LogP contribution in [0.1, 0.15) is 24.2 Å². The zero-order valence-corrected chi connectivity index (χ0v) is 13.2. The monoisotopic (exact) mass is 368 g/mol. The highest BCUT2D eigenvalue weighted by atomic mass is 79.9. The summed E-state index contributed by atoms with van der Waals surface area (Å²) in [6, 6.07) is 14.5. The molecule has 0 amide bonds. The molecule has 0 unspecified atom stereocenters. The number of rotatable bonds is 4. The predicted molar refractivity (Wildman–Crippen MR) is 81.3 cm³/mol. The molecule has 0 saturated carbocycles. The fraction of sp³-hybridized carbons (Fsp3) is 0.214. The maximum Gasteiger partial charge on any atom is 0.106 e. The molecule has 0 aliphatic rings. The average molecular weight is 370 g/mol. The van der Waals surface area contributed by atoms with E-state index in [1.165, 1.54) is 5.56 Å². The van der Waals surface area contributed by atoms with Gasteiger partial charge in [-0.05, 0) is 46.6 Å². The topological polar surface area (TPSA) is 24.9 Å². The van der Waals surface area contributed by atoms with Crippen molar-refractivity contribution in [2.45, 2.75) is 19.5 Å². The second-order valence-electron chi connectivity index (χ2n) is 4.08. The van der Waals surface area contributed by atoms with E-state index in [2.05, 4.69) is 67.3 Å². The SMILES string of the molecule is C[C@H](NCc1cccc(Br)n1)c1ccccc1Br. The molecule has 1 aromatic heterocycles. The maximum absolute atomic E-state index is 4.40. The Kier molecular flexibility index (Phi) is 4.92. The molecule has 0 aliphatic carbocycles. The average Bonchev–Trinajstić information content (AvgIpc) is 2.37. The highest BCUT2D eigenvalue weighted by molar-refractivity contribution is 9.10. The molecule has 0 bridgehead atoms. The van der Waals surface area contributed by atoms with Crippen LogP contribution in [0.15, 0.2) is 51.5 Å². The molecule has 0 spiro atoms. The van der Waals surface area contributed by atoms with E-state index in [0.717, 1.165) is 21.3 Å². The van der Waals surface area contributed by atoms with Crippen molar-refractivity contribution in [3.05, 3.63) is 62.8 Å². The summed E-state index contributed by atoms with van der Waals surface area (Å²) >= 11 is 6.95. The van der Waals surface area contributed by atoms with Crippen molar-refractivity contribution in [3.8, 4) is 0 Å². The maximum atomic E-state index is 4.40. The Morgan fingerprint density at radius 1 is 1.11 bits per heavy atom. The Bertz CT molecular complexity index is 529. The third-order valence-corrected chi connectivity index (χ3v) is 3.90. The molecule has 0 fully saturated rings. The fourth-order valence-electron chi connectivity index (χ4n) is 1.74. The lowest BCUT2D eigenvalue weighted by molar-refractivity contribution is 0.565. The minimum atomic E-state index is 0.279. The summed E-state index contributed by atoms with van der Waals surface area (Å²) in [5, 5.41) is 3.47. The van der Waals surface area contributed by atoms with Gasteiger partial charge in [-0.3, -0.25) is 0 Å². The molecule has 2 rings (SSSR count). The molecule has 18 heavy (non-hydrogen) atoms. The van der Waals surface area contributed by atoms with E-state index >= 15 is 0 Å². The number of nitrogens with one attached hydrogen (secondary N) is 1. The number of hydrogen-bond acceptors (Lipinski definition) is 2. The first kappa shape index (κ1) is 13.7. The van der Waals surface area contributed by atoms with Crippen molar-refractivity contribution >= 4 is 31.9 Å². The van der Waals surface area contributed by atoms with Gasteiger partial charge in [-0.2, -0.15) is 0 Å². The van der Waals surface area contributed by atoms with Gasteiger partial charge in [-0.15, -0.1) is 0 Å². The second-order valence-corrected chi connectivity index (χ2v) is 5.74. The number of halogens is 2. The van der Waals surface area contributed by atoms with Crippen LogP contribution in [0.4, 0.5) is 0 Å². The standard InChI is InChI=1S/C14H14Br2N2/c1-10(12-6-2-3-7-13(12)15)17-9-11-5-4-8-14(16)18-11/h2-8,10,17H,9H2,1H3/t10-/m0/s1. The van der Waals surface area contributed by atoms with Crippen LogP contribution in [-0.4, -0.2) is 4.98 Å². The summed E-state index contributed by atoms with van der Waals surface area (Å²) in [6.07, 6.45) is 0. The Labute approximate surface area is 124 Å². The van der Waals surface area contributed by atoms with Gasteiger partial charge in [0.1, 0.15) is 4.60 Å². The zero-order valence-electron chi connectivity index (χ0n) is 10.0. The summed E-state index contributed by atoms with van der Waals surface area (Å²) < 4.78 is 2.00. The van der Waals surface area contributed by atoms with Gasteiger partial charge in [-0.25, -0.2) is 4.98 Å². The van der Waals surface area contributed by atoms with Crippen molar-refractivity contribution in [2.75, 3.05) is 0 Å². The first-order valence-electron chi connectivity index (χ1n) is 5.76. The van der Waals surface area contributed by atoms with E-state index in [9.17, 15) is 0 Å². The highest BCUT2D eigenvalue weighted by Gasteiger charge is 2.08. The van der Waals surface area contributed by atoms with Crippen molar-refractivity contribution in [2.24, 2.45) is 0 Å². The summed E-state index contributed by atoms with van der Waals surface area (Å²) in [7, 11) is 0. The number of benzene rings is 1. The molecule has 1 N–H and O–H groups in total. The molecular weight excluding hydrogens is 356 g/mol. The van der Waals surface area contributed by atoms with Crippen LogP contribution < -0.4 is 5.32 Å². The molecule has 0 saturated heterocycles. The molecule has 2 aromatic rings. The highest BCUT2D eigenvalue weighted by Crippen LogP contribution is 2.22. The van der Waals surface area contributed by atoms with Crippen LogP contribution in [0.2, 0.25) is 0 Å². The van der Waals surface area contributed by atoms with Crippen molar-refractivity contribution in [3.63, 3.8) is 0 Å². The zero-order chi connectivity index (χ0) is 13.0. The molecular formula is C14H14Br2N2. The summed E-state index contributed by atoms with van der Waals surface area (Å²) in [4.78, 5) is 4.40. The van der Waals surface area contributed by atoms with E-state index in [-0.39, 0.29) is 6.04 Å². The quantitative estimate of drug-likeness (QED) is 0.805. The third-order valence-electron chi connectivity index (χ3n) is 2.73. The molecule has 94 valence electrons. The Morgan fingerprint density at radius 2 is 1.89 bits per heavy atom. The Hall–Kier alpha value is -0.710. The summed E-state index contributed by atoms with van der Waals surface area (Å²) in [5.41, 5.74) is 2.29. The van der Waals surface area contributed by atoms with Gasteiger partial charge in [0.05, 0.1) is 5.69 Å². The minimum Gasteiger partial charge on any atom is -0.305 e. The van der Waals surface area contributed by atoms with E-state index < -0.39 is 0 Å². The fourth-order valence-corrected chi connectivity index (χ4v) is 2.75. The van der Waals surface area contributed by atoms with Crippen LogP contribution in [0, 0.1) is 0 Å². The van der Waals surface area contributed by atoms with E-state index in [1.54, 1.807) is 0 Å². The van der Waals surface area contributed by atoms with Crippen LogP contribution in [-0.2, 0) is 6.54 Å². The molecule has 4 heteroatoms. The van der Waals surface area contributed by atoms with E-state index in [1.807, 2.05) is 24.3 Å². The first-order valence-corrected chi connectivity index (χ1v) is 7.34. The van der Waals surface area contributed by atoms with Crippen LogP contribution in [0.5, 0.6) is 0 Å². The van der Waals surface area contributed by atoms with Crippen molar-refractivity contribution in [1.82, 2.24) is 10.3 Å². The van der Waals surface area contributed by atoms with E-state index in [4.69, 9.17) is 0 Å². The lowest BCUT2D eigenvalue weighted by Crippen LogP contribution is -2.19. The minimum absolute atomic E-state index is 0.279. The number of aromatic nitrogens is 1. The van der Waals surface area contributed by atoms with Crippen LogP contribution in [0.3, 0.4) is 0 Å². The lowest BCUT2D eigenvalue weighted by atomic mass is 10.1. The normalized spacial score (nSPS) is 12.4. The number of pyridine rings is 1. The molecule has 0 radical (unpaired) electrons. The van der Waals surface area contributed by atoms with Gasteiger partial charge < -0.3 is 5.32 Å². The first-order chi connectivity index (χ1) is 8.66. The predicted octanol–water partition coefficient (Wildman–Crippen LogP) is 4.46. The molecule has 0 aliphatic heterocycles. The molecule has 1 heterocycles. The summed E-state index contributed by atoms with van der Waals surface area (Å²) in [5.74, 6) is 0. The molecule has 2 nitrogen and oxygen atoms in total. The molecule has 1 atom stereocenters. The Morgan fingerprint density at radius 3 is 2.61 bits per heavy atom. The van der Waals surface area contributed by atoms with Gasteiger partial charge >= 0.3 is 0 Å². The van der Waals surface area contributed by atoms with Crippen molar-refractivity contribution in [1.29, 1.82) is 0 Å². The molecule has 1 aromatic carbocycles. The van der Waals surface area contributed by atoms with Gasteiger partial charge in [0, 0.05) is 17.1 Å². The van der Waals surface area contributed by atoms with E-state index in [0.29, 0.717) is 0 Å². The third kappa shape index (κ3) is 3.64. The van der Waals surface area contributed by atoms with Gasteiger partial charge in [0.25, 0.3) is 0 Å². The Balaban J connectivity index is 2.00. The lowest BCUT2D eigenvalue weighted by Gasteiger charge is -2.15. The van der Waals surface area contributed by atoms with Crippen molar-refractivity contribution < 1.29 is 0 Å². The van der Waals surface area contributed by atoms with Crippen LogP contribution >= 0.6 is 31.9 Å². The number of nitrogens with zero attached hydrogens (tertiary/aromatic N) is 1. The van der Waals surface area contributed by atoms with Gasteiger partial charge in [0.2, 0.25) is 0 Å². The smallest absolute Gasteiger partial charge is 0.106 e. The van der Waals surface area contributed by atoms with Gasteiger partial charge in [-0.1, -0.05) is 40.2 Å². The summed E-state index contributed by atoms with van der Waals surface area (Å²) in [6.45, 7) is 2.90. The van der Waals surface area contributed by atoms with Gasteiger partial charge in [0.15, 0.2) is 0 Å². The number of hydrogen-bond donors (Lipinski definition) is 1.